The maximum Gasteiger partial charge on any atom is 0.410 e. The van der Waals surface area contributed by atoms with Crippen molar-refractivity contribution in [3.63, 3.8) is 0 Å². The van der Waals surface area contributed by atoms with Gasteiger partial charge in [-0.15, -0.1) is 10.2 Å². The highest BCUT2D eigenvalue weighted by Gasteiger charge is 2.26. The number of carbonyl (C=O) groups excluding carboxylic acids is 2. The van der Waals surface area contributed by atoms with Crippen molar-refractivity contribution in [1.29, 1.82) is 0 Å². The third-order valence-corrected chi connectivity index (χ3v) is 5.72. The van der Waals surface area contributed by atoms with Crippen LogP contribution in [0.5, 0.6) is 0 Å². The second-order valence-electron chi connectivity index (χ2n) is 8.23. The van der Waals surface area contributed by atoms with Crippen LogP contribution in [0.1, 0.15) is 42.6 Å². The lowest BCUT2D eigenvalue weighted by molar-refractivity contribution is 0.0273. The molecule has 1 aromatic heterocycles. The Kier molecular flexibility index (Phi) is 6.47. The van der Waals surface area contributed by atoms with Crippen molar-refractivity contribution in [2.24, 2.45) is 0 Å². The summed E-state index contributed by atoms with van der Waals surface area (Å²) in [4.78, 5) is 27.7. The number of hydrogen-bond acceptors (Lipinski definition) is 6. The van der Waals surface area contributed by atoms with Gasteiger partial charge in [0.15, 0.2) is 0 Å². The number of benzene rings is 1. The van der Waals surface area contributed by atoms with E-state index in [9.17, 15) is 9.59 Å². The van der Waals surface area contributed by atoms with E-state index in [0.29, 0.717) is 28.7 Å². The number of carbonyl (C=O) groups is 2. The Hall–Kier alpha value is -2.45. The monoisotopic (exact) mass is 448 g/mol. The molecule has 1 aromatic carbocycles. The summed E-state index contributed by atoms with van der Waals surface area (Å²) < 4.78 is 5.48. The van der Waals surface area contributed by atoms with Gasteiger partial charge in [-0.25, -0.2) is 4.79 Å². The minimum atomic E-state index is -0.534. The molecular weight excluding hydrogens is 424 g/mol. The van der Waals surface area contributed by atoms with E-state index in [2.05, 4.69) is 16.3 Å². The molecule has 0 fully saturated rings. The highest BCUT2D eigenvalue weighted by atomic mass is 35.5. The van der Waals surface area contributed by atoms with Gasteiger partial charge < -0.3 is 14.5 Å². The van der Waals surface area contributed by atoms with E-state index in [0.717, 1.165) is 22.6 Å². The zero-order valence-electron chi connectivity index (χ0n) is 17.7. The summed E-state index contributed by atoms with van der Waals surface area (Å²) in [5.41, 5.74) is 1.65. The first kappa shape index (κ1) is 22.2. The maximum atomic E-state index is 12.4. The van der Waals surface area contributed by atoms with Crippen LogP contribution in [-0.2, 0) is 4.74 Å². The summed E-state index contributed by atoms with van der Waals surface area (Å²) in [5, 5.41) is 10.4. The molecule has 1 aliphatic rings. The van der Waals surface area contributed by atoms with Crippen LogP contribution in [0.25, 0.3) is 16.1 Å². The van der Waals surface area contributed by atoms with Gasteiger partial charge in [0.05, 0.1) is 17.1 Å². The lowest BCUT2D eigenvalue weighted by Gasteiger charge is -2.29. The molecule has 0 radical (unpaired) electrons. The third-order valence-electron chi connectivity index (χ3n) is 4.35. The summed E-state index contributed by atoms with van der Waals surface area (Å²) in [6, 6.07) is 5.24. The number of aromatic nitrogens is 2. The molecule has 160 valence electrons. The van der Waals surface area contributed by atoms with Crippen LogP contribution in [-0.4, -0.2) is 64.8 Å². The van der Waals surface area contributed by atoms with E-state index in [1.54, 1.807) is 31.1 Å². The van der Waals surface area contributed by atoms with Crippen LogP contribution in [0.3, 0.4) is 0 Å². The molecule has 0 spiro atoms. The van der Waals surface area contributed by atoms with Gasteiger partial charge in [0.2, 0.25) is 0 Å². The number of halogens is 1. The summed E-state index contributed by atoms with van der Waals surface area (Å²) >= 11 is 7.75. The third kappa shape index (κ3) is 5.17. The maximum absolute atomic E-state index is 12.4. The molecule has 0 aliphatic carbocycles. The molecule has 0 saturated heterocycles. The second-order valence-corrected chi connectivity index (χ2v) is 9.61. The number of ether oxygens (including phenoxy) is 1. The van der Waals surface area contributed by atoms with E-state index < -0.39 is 5.60 Å². The highest BCUT2D eigenvalue weighted by Crippen LogP contribution is 2.32. The summed E-state index contributed by atoms with van der Waals surface area (Å²) in [6.07, 6.45) is 2.49. The standard InChI is InChI=1S/C21H25ClN4O3S/c1-21(2,3)29-20(28)26-10-6-7-14(12-26)18-24-23-17(30-18)13-8-9-15(16(22)11-13)19(27)25(4)5/h7-9,11H,6,10,12H2,1-5H3. The van der Waals surface area contributed by atoms with Crippen LogP contribution in [0.4, 0.5) is 4.79 Å². The van der Waals surface area contributed by atoms with Crippen molar-refractivity contribution in [3.8, 4) is 10.6 Å². The SMILES string of the molecule is CN(C)C(=O)c1ccc(-c2nnc(C3=CCCN(C(=O)OC(C)(C)C)C3)s2)cc1Cl. The molecular formula is C21H25ClN4O3S. The quantitative estimate of drug-likeness (QED) is 0.686. The Balaban J connectivity index is 1.76. The first-order chi connectivity index (χ1) is 14.0. The Labute approximate surface area is 185 Å². The van der Waals surface area contributed by atoms with Crippen LogP contribution in [0.15, 0.2) is 24.3 Å². The van der Waals surface area contributed by atoms with Crippen molar-refractivity contribution < 1.29 is 14.3 Å². The Morgan fingerprint density at radius 1 is 1.20 bits per heavy atom. The summed E-state index contributed by atoms with van der Waals surface area (Å²) in [7, 11) is 3.37. The fraction of sp³-hybridized carbons (Fsp3) is 0.429. The predicted molar refractivity (Wildman–Crippen MR) is 119 cm³/mol. The molecule has 7 nitrogen and oxygen atoms in total. The Bertz CT molecular complexity index is 994. The van der Waals surface area contributed by atoms with Crippen molar-refractivity contribution in [2.45, 2.75) is 32.8 Å². The number of rotatable bonds is 3. The fourth-order valence-corrected chi connectivity index (χ4v) is 4.04. The molecule has 2 heterocycles. The summed E-state index contributed by atoms with van der Waals surface area (Å²) in [6.45, 7) is 6.60. The molecule has 3 rings (SSSR count). The van der Waals surface area contributed by atoms with E-state index in [1.165, 1.54) is 16.2 Å². The van der Waals surface area contributed by atoms with Crippen molar-refractivity contribution >= 4 is 40.5 Å². The Morgan fingerprint density at radius 2 is 1.90 bits per heavy atom. The fourth-order valence-electron chi connectivity index (χ4n) is 2.91. The minimum absolute atomic E-state index is 0.154. The van der Waals surface area contributed by atoms with E-state index in [1.807, 2.05) is 26.8 Å². The van der Waals surface area contributed by atoms with Crippen LogP contribution in [0, 0.1) is 0 Å². The van der Waals surface area contributed by atoms with E-state index in [-0.39, 0.29) is 12.0 Å². The normalized spacial score (nSPS) is 14.3. The molecule has 0 unspecified atom stereocenters. The van der Waals surface area contributed by atoms with Crippen LogP contribution < -0.4 is 0 Å². The molecule has 2 amide bonds. The topological polar surface area (TPSA) is 75.6 Å². The van der Waals surface area contributed by atoms with Gasteiger partial charge in [-0.3, -0.25) is 4.79 Å². The van der Waals surface area contributed by atoms with Crippen LogP contribution >= 0.6 is 22.9 Å². The molecule has 9 heteroatoms. The Morgan fingerprint density at radius 3 is 2.53 bits per heavy atom. The van der Waals surface area contributed by atoms with Gasteiger partial charge in [-0.1, -0.05) is 35.1 Å². The van der Waals surface area contributed by atoms with Gasteiger partial charge in [0.1, 0.15) is 15.6 Å². The highest BCUT2D eigenvalue weighted by molar-refractivity contribution is 7.15. The minimum Gasteiger partial charge on any atom is -0.444 e. The van der Waals surface area contributed by atoms with Gasteiger partial charge in [-0.05, 0) is 39.3 Å². The van der Waals surface area contributed by atoms with Gasteiger partial charge >= 0.3 is 6.09 Å². The smallest absolute Gasteiger partial charge is 0.410 e. The summed E-state index contributed by atoms with van der Waals surface area (Å²) in [5.74, 6) is -0.154. The van der Waals surface area contributed by atoms with Gasteiger partial charge in [0.25, 0.3) is 5.91 Å². The zero-order chi connectivity index (χ0) is 22.1. The number of hydrogen-bond donors (Lipinski definition) is 0. The van der Waals surface area contributed by atoms with Crippen LogP contribution in [0.2, 0.25) is 5.02 Å². The second kappa shape index (κ2) is 8.73. The largest absolute Gasteiger partial charge is 0.444 e. The molecule has 0 saturated carbocycles. The lowest BCUT2D eigenvalue weighted by atomic mass is 10.1. The van der Waals surface area contributed by atoms with E-state index in [4.69, 9.17) is 16.3 Å². The van der Waals surface area contributed by atoms with Gasteiger partial charge in [-0.2, -0.15) is 0 Å². The molecule has 0 atom stereocenters. The van der Waals surface area contributed by atoms with Gasteiger partial charge in [0, 0.05) is 31.8 Å². The molecule has 30 heavy (non-hydrogen) atoms. The average molecular weight is 449 g/mol. The molecule has 1 aliphatic heterocycles. The zero-order valence-corrected chi connectivity index (χ0v) is 19.3. The van der Waals surface area contributed by atoms with Crippen molar-refractivity contribution in [3.05, 3.63) is 39.9 Å². The van der Waals surface area contributed by atoms with Crippen molar-refractivity contribution in [1.82, 2.24) is 20.0 Å². The first-order valence-corrected chi connectivity index (χ1v) is 10.8. The molecule has 0 N–H and O–H groups in total. The number of nitrogens with zero attached hydrogens (tertiary/aromatic N) is 4. The van der Waals surface area contributed by atoms with E-state index >= 15 is 0 Å². The molecule has 2 aromatic rings. The predicted octanol–water partition coefficient (Wildman–Crippen LogP) is 4.58. The average Bonchev–Trinajstić information content (AvgIpc) is 3.16. The van der Waals surface area contributed by atoms with Crippen molar-refractivity contribution in [2.75, 3.05) is 27.2 Å². The molecule has 0 bridgehead atoms. The first-order valence-electron chi connectivity index (χ1n) is 9.57. The lowest BCUT2D eigenvalue weighted by Crippen LogP contribution is -2.39. The number of amides is 2.